The lowest BCUT2D eigenvalue weighted by atomic mass is 10.0. The highest BCUT2D eigenvalue weighted by Crippen LogP contribution is 2.36. The Bertz CT molecular complexity index is 1040. The molecule has 0 saturated heterocycles. The van der Waals surface area contributed by atoms with Gasteiger partial charge in [-0.15, -0.1) is 5.10 Å². The molecule has 0 saturated carbocycles. The first-order chi connectivity index (χ1) is 12.6. The quantitative estimate of drug-likeness (QED) is 0.464. The van der Waals surface area contributed by atoms with Gasteiger partial charge in [0.05, 0.1) is 16.6 Å². The molecule has 0 bridgehead atoms. The van der Waals surface area contributed by atoms with Crippen molar-refractivity contribution in [3.8, 4) is 6.07 Å². The van der Waals surface area contributed by atoms with Crippen LogP contribution in [0.1, 0.15) is 16.7 Å². The van der Waals surface area contributed by atoms with Crippen LogP contribution in [0, 0.1) is 11.3 Å². The number of para-hydroxylation sites is 1. The number of allylic oxidation sites excluding steroid dienone is 1. The highest BCUT2D eigenvalue weighted by Gasteiger charge is 2.36. The lowest BCUT2D eigenvalue weighted by molar-refractivity contribution is -0.143. The Hall–Kier alpha value is -3.35. The number of hydrogen-bond acceptors (Lipinski definition) is 3. The molecule has 1 aromatic heterocycles. The summed E-state index contributed by atoms with van der Waals surface area (Å²) in [6.45, 7) is 0. The molecule has 4 nitrogen and oxygen atoms in total. The number of fused-ring (bicyclic) bond motifs is 1. The van der Waals surface area contributed by atoms with Gasteiger partial charge < -0.3 is 0 Å². The van der Waals surface area contributed by atoms with Crippen molar-refractivity contribution < 1.29 is 26.3 Å². The fourth-order valence-corrected chi connectivity index (χ4v) is 2.41. The van der Waals surface area contributed by atoms with Gasteiger partial charge in [0.1, 0.15) is 17.3 Å². The third-order valence-corrected chi connectivity index (χ3v) is 3.61. The maximum absolute atomic E-state index is 13.0. The number of halogens is 6. The molecule has 0 N–H and O–H groups in total. The summed E-state index contributed by atoms with van der Waals surface area (Å²) in [5, 5.41) is 16.9. The molecule has 0 aliphatic rings. The Morgan fingerprint density at radius 1 is 0.963 bits per heavy atom. The van der Waals surface area contributed by atoms with Gasteiger partial charge in [-0.25, -0.2) is 4.68 Å². The SMILES string of the molecule is N#C/C(=C\c1cc(C(F)(F)F)cc(C(F)(F)F)c1)n1nnc2ccccc21. The summed E-state index contributed by atoms with van der Waals surface area (Å²) in [5.74, 6) is 0. The van der Waals surface area contributed by atoms with Crippen molar-refractivity contribution in [2.24, 2.45) is 0 Å². The molecule has 0 radical (unpaired) electrons. The highest BCUT2D eigenvalue weighted by atomic mass is 19.4. The van der Waals surface area contributed by atoms with Crippen LogP contribution >= 0.6 is 0 Å². The average Bonchev–Trinajstić information content (AvgIpc) is 3.02. The molecule has 0 fully saturated rings. The van der Waals surface area contributed by atoms with Crippen molar-refractivity contribution in [3.63, 3.8) is 0 Å². The van der Waals surface area contributed by atoms with Crippen LogP contribution in [-0.2, 0) is 12.4 Å². The Labute approximate surface area is 147 Å². The monoisotopic (exact) mass is 382 g/mol. The van der Waals surface area contributed by atoms with E-state index in [0.29, 0.717) is 23.2 Å². The van der Waals surface area contributed by atoms with E-state index < -0.39 is 29.0 Å². The minimum atomic E-state index is -4.98. The minimum absolute atomic E-state index is 0.0221. The maximum atomic E-state index is 13.0. The standard InChI is InChI=1S/C17H8F6N4/c18-16(19,20)11-5-10(6-12(8-11)17(21,22)23)7-13(9-24)27-15-4-2-1-3-14(15)25-26-27/h1-8H/b13-7+. The molecule has 27 heavy (non-hydrogen) atoms. The number of nitrogens with zero attached hydrogens (tertiary/aromatic N) is 4. The van der Waals surface area contributed by atoms with Gasteiger partial charge in [-0.3, -0.25) is 0 Å². The average molecular weight is 382 g/mol. The minimum Gasteiger partial charge on any atom is -0.202 e. The number of alkyl halides is 6. The predicted octanol–water partition coefficient (Wildman–Crippen LogP) is 4.99. The number of nitriles is 1. The summed E-state index contributed by atoms with van der Waals surface area (Å²) in [6.07, 6.45) is -9.06. The highest BCUT2D eigenvalue weighted by molar-refractivity contribution is 5.86. The summed E-state index contributed by atoms with van der Waals surface area (Å²) in [6, 6.07) is 9.26. The zero-order chi connectivity index (χ0) is 19.8. The summed E-state index contributed by atoms with van der Waals surface area (Å²) < 4.78 is 78.8. The largest absolute Gasteiger partial charge is 0.416 e. The number of rotatable bonds is 2. The fourth-order valence-electron chi connectivity index (χ4n) is 2.41. The van der Waals surface area contributed by atoms with Crippen molar-refractivity contribution in [1.82, 2.24) is 15.0 Å². The Balaban J connectivity index is 2.18. The smallest absolute Gasteiger partial charge is 0.202 e. The third kappa shape index (κ3) is 3.76. The first-order valence-electron chi connectivity index (χ1n) is 7.32. The van der Waals surface area contributed by atoms with Crippen LogP contribution in [0.15, 0.2) is 42.5 Å². The lowest BCUT2D eigenvalue weighted by Gasteiger charge is -2.13. The molecule has 0 atom stereocenters. The van der Waals surface area contributed by atoms with E-state index in [0.717, 1.165) is 10.8 Å². The molecule has 10 heteroatoms. The first-order valence-corrected chi connectivity index (χ1v) is 7.32. The van der Waals surface area contributed by atoms with E-state index in [4.69, 9.17) is 0 Å². The van der Waals surface area contributed by atoms with Gasteiger partial charge in [-0.2, -0.15) is 31.6 Å². The molecule has 1 heterocycles. The van der Waals surface area contributed by atoms with E-state index in [2.05, 4.69) is 10.3 Å². The van der Waals surface area contributed by atoms with Gasteiger partial charge in [0.25, 0.3) is 0 Å². The Kier molecular flexibility index (Phi) is 4.39. The van der Waals surface area contributed by atoms with E-state index in [1.807, 2.05) is 0 Å². The maximum Gasteiger partial charge on any atom is 0.416 e. The lowest BCUT2D eigenvalue weighted by Crippen LogP contribution is -2.11. The van der Waals surface area contributed by atoms with E-state index in [9.17, 15) is 31.6 Å². The van der Waals surface area contributed by atoms with Crippen LogP contribution < -0.4 is 0 Å². The van der Waals surface area contributed by atoms with Gasteiger partial charge in [-0.1, -0.05) is 17.3 Å². The normalized spacial score (nSPS) is 13.0. The van der Waals surface area contributed by atoms with Crippen LogP contribution in [0.3, 0.4) is 0 Å². The molecular formula is C17H8F6N4. The summed E-state index contributed by atoms with van der Waals surface area (Å²) >= 11 is 0. The molecular weight excluding hydrogens is 374 g/mol. The van der Waals surface area contributed by atoms with Crippen molar-refractivity contribution in [1.29, 1.82) is 5.26 Å². The molecule has 0 aliphatic heterocycles. The van der Waals surface area contributed by atoms with E-state index in [1.165, 1.54) is 0 Å². The van der Waals surface area contributed by atoms with Crippen LogP contribution in [0.4, 0.5) is 26.3 Å². The molecule has 3 rings (SSSR count). The van der Waals surface area contributed by atoms with Crippen molar-refractivity contribution in [2.75, 3.05) is 0 Å². The van der Waals surface area contributed by atoms with Crippen molar-refractivity contribution in [2.45, 2.75) is 12.4 Å². The van der Waals surface area contributed by atoms with Crippen LogP contribution in [0.2, 0.25) is 0 Å². The van der Waals surface area contributed by atoms with Gasteiger partial charge in [0.2, 0.25) is 0 Å². The summed E-state index contributed by atoms with van der Waals surface area (Å²) in [7, 11) is 0. The van der Waals surface area contributed by atoms with Gasteiger partial charge >= 0.3 is 12.4 Å². The Morgan fingerprint density at radius 2 is 1.56 bits per heavy atom. The van der Waals surface area contributed by atoms with Gasteiger partial charge in [0.15, 0.2) is 0 Å². The number of benzene rings is 2. The Morgan fingerprint density at radius 3 is 2.11 bits per heavy atom. The zero-order valence-corrected chi connectivity index (χ0v) is 13.2. The van der Waals surface area contributed by atoms with Crippen molar-refractivity contribution in [3.05, 3.63) is 59.2 Å². The van der Waals surface area contributed by atoms with Gasteiger partial charge in [0, 0.05) is 0 Å². The topological polar surface area (TPSA) is 54.5 Å². The van der Waals surface area contributed by atoms with Crippen LogP contribution in [-0.4, -0.2) is 15.0 Å². The van der Waals surface area contributed by atoms with Crippen LogP contribution in [0.25, 0.3) is 22.8 Å². The fraction of sp³-hybridized carbons (Fsp3) is 0.118. The zero-order valence-electron chi connectivity index (χ0n) is 13.2. The summed E-state index contributed by atoms with van der Waals surface area (Å²) in [4.78, 5) is 0. The third-order valence-electron chi connectivity index (χ3n) is 3.61. The molecule has 0 unspecified atom stereocenters. The van der Waals surface area contributed by atoms with Crippen LogP contribution in [0.5, 0.6) is 0 Å². The number of hydrogen-bond donors (Lipinski definition) is 0. The number of aromatic nitrogens is 3. The molecule has 0 amide bonds. The molecule has 138 valence electrons. The summed E-state index contributed by atoms with van der Waals surface area (Å²) in [5.41, 5.74) is -2.86. The predicted molar refractivity (Wildman–Crippen MR) is 83.8 cm³/mol. The second-order valence-electron chi connectivity index (χ2n) is 5.47. The van der Waals surface area contributed by atoms with Crippen molar-refractivity contribution >= 4 is 22.8 Å². The second kappa shape index (κ2) is 6.42. The van der Waals surface area contributed by atoms with E-state index in [1.54, 1.807) is 30.3 Å². The van der Waals surface area contributed by atoms with E-state index in [-0.39, 0.29) is 11.8 Å². The second-order valence-corrected chi connectivity index (χ2v) is 5.47. The molecule has 0 spiro atoms. The van der Waals surface area contributed by atoms with E-state index >= 15 is 0 Å². The molecule has 2 aromatic carbocycles. The molecule has 3 aromatic rings. The van der Waals surface area contributed by atoms with Gasteiger partial charge in [-0.05, 0) is 42.0 Å². The molecule has 0 aliphatic carbocycles. The first kappa shape index (κ1) is 18.4.